The first-order valence-electron chi connectivity index (χ1n) is 7.59. The van der Waals surface area contributed by atoms with Crippen molar-refractivity contribution in [2.45, 2.75) is 32.7 Å². The van der Waals surface area contributed by atoms with Crippen molar-refractivity contribution in [1.29, 1.82) is 0 Å². The summed E-state index contributed by atoms with van der Waals surface area (Å²) in [4.78, 5) is 2.31. The zero-order valence-electron chi connectivity index (χ0n) is 12.2. The Morgan fingerprint density at radius 1 is 1.35 bits per heavy atom. The van der Waals surface area contributed by atoms with E-state index in [2.05, 4.69) is 17.1 Å². The van der Waals surface area contributed by atoms with Crippen LogP contribution >= 0.6 is 0 Å². The van der Waals surface area contributed by atoms with Crippen molar-refractivity contribution in [3.63, 3.8) is 0 Å². The zero-order chi connectivity index (χ0) is 14.4. The van der Waals surface area contributed by atoms with Crippen LogP contribution in [0.3, 0.4) is 0 Å². The number of hydrogen-bond donors (Lipinski definition) is 2. The molecule has 20 heavy (non-hydrogen) atoms. The van der Waals surface area contributed by atoms with Gasteiger partial charge in [0.1, 0.15) is 5.82 Å². The second-order valence-corrected chi connectivity index (χ2v) is 5.56. The second-order valence-electron chi connectivity index (χ2n) is 5.56. The molecule has 112 valence electrons. The molecule has 0 saturated carbocycles. The molecule has 1 aromatic carbocycles. The van der Waals surface area contributed by atoms with Crippen molar-refractivity contribution >= 4 is 5.69 Å². The van der Waals surface area contributed by atoms with Crippen LogP contribution in [0.2, 0.25) is 0 Å². The lowest BCUT2D eigenvalue weighted by atomic mass is 9.97. The Morgan fingerprint density at radius 3 is 2.75 bits per heavy atom. The van der Waals surface area contributed by atoms with E-state index in [-0.39, 0.29) is 12.4 Å². The number of piperidine rings is 1. The van der Waals surface area contributed by atoms with Crippen LogP contribution in [-0.2, 0) is 6.54 Å². The van der Waals surface area contributed by atoms with E-state index in [9.17, 15) is 9.50 Å². The van der Waals surface area contributed by atoms with Gasteiger partial charge in [0.2, 0.25) is 0 Å². The molecule has 0 aromatic heterocycles. The van der Waals surface area contributed by atoms with Gasteiger partial charge in [-0.15, -0.1) is 0 Å². The van der Waals surface area contributed by atoms with Crippen LogP contribution in [0, 0.1) is 11.7 Å². The van der Waals surface area contributed by atoms with Crippen LogP contribution in [0.15, 0.2) is 18.2 Å². The maximum atomic E-state index is 13.5. The van der Waals surface area contributed by atoms with Gasteiger partial charge >= 0.3 is 0 Å². The average Bonchev–Trinajstić information content (AvgIpc) is 2.48. The number of rotatable bonds is 6. The van der Waals surface area contributed by atoms with E-state index in [0.29, 0.717) is 12.5 Å². The molecule has 1 saturated heterocycles. The summed E-state index contributed by atoms with van der Waals surface area (Å²) in [6.45, 7) is 5.94. The summed E-state index contributed by atoms with van der Waals surface area (Å²) in [5, 5.41) is 12.5. The molecule has 3 nitrogen and oxygen atoms in total. The summed E-state index contributed by atoms with van der Waals surface area (Å²) in [5.74, 6) is 0.251. The standard InChI is InChI=1S/C16H25FN2O/c1-2-7-18-11-14-10-15(17)3-4-16(14)19-8-5-13(12-20)6-9-19/h3-4,10,13,18,20H,2,5-9,11-12H2,1H3. The molecule has 4 heteroatoms. The molecule has 1 fully saturated rings. The van der Waals surface area contributed by atoms with Crippen molar-refractivity contribution < 1.29 is 9.50 Å². The molecule has 0 bridgehead atoms. The molecule has 2 N–H and O–H groups in total. The molecule has 1 aromatic rings. The van der Waals surface area contributed by atoms with E-state index in [0.717, 1.165) is 50.1 Å². The molecule has 1 aliphatic heterocycles. The number of nitrogens with zero attached hydrogens (tertiary/aromatic N) is 1. The van der Waals surface area contributed by atoms with Gasteiger partial charge in [-0.2, -0.15) is 0 Å². The van der Waals surface area contributed by atoms with Crippen molar-refractivity contribution in [3.8, 4) is 0 Å². The van der Waals surface area contributed by atoms with Gasteiger partial charge in [-0.3, -0.25) is 0 Å². The van der Waals surface area contributed by atoms with Crippen molar-refractivity contribution in [1.82, 2.24) is 5.32 Å². The fraction of sp³-hybridized carbons (Fsp3) is 0.625. The van der Waals surface area contributed by atoms with E-state index in [1.807, 2.05) is 6.07 Å². The molecule has 1 aliphatic rings. The van der Waals surface area contributed by atoms with Gasteiger partial charge in [-0.1, -0.05) is 6.92 Å². The second kappa shape index (κ2) is 7.60. The molecule has 0 unspecified atom stereocenters. The molecule has 0 radical (unpaired) electrons. The lowest BCUT2D eigenvalue weighted by molar-refractivity contribution is 0.203. The molecule has 0 amide bonds. The number of benzene rings is 1. The third-order valence-corrected chi connectivity index (χ3v) is 4.00. The lowest BCUT2D eigenvalue weighted by Crippen LogP contribution is -2.35. The minimum atomic E-state index is -0.174. The Hall–Kier alpha value is -1.13. The highest BCUT2D eigenvalue weighted by atomic mass is 19.1. The van der Waals surface area contributed by atoms with Gasteiger partial charge in [0, 0.05) is 31.9 Å². The molecule has 0 spiro atoms. The van der Waals surface area contributed by atoms with Crippen LogP contribution in [0.25, 0.3) is 0 Å². The monoisotopic (exact) mass is 280 g/mol. The van der Waals surface area contributed by atoms with Gasteiger partial charge in [0.25, 0.3) is 0 Å². The molecular formula is C16H25FN2O. The van der Waals surface area contributed by atoms with E-state index in [1.165, 1.54) is 6.07 Å². The SMILES string of the molecule is CCCNCc1cc(F)ccc1N1CCC(CO)CC1. The van der Waals surface area contributed by atoms with Gasteiger partial charge in [0.15, 0.2) is 0 Å². The third kappa shape index (κ3) is 3.93. The van der Waals surface area contributed by atoms with Crippen LogP contribution in [0.5, 0.6) is 0 Å². The van der Waals surface area contributed by atoms with Crippen LogP contribution in [-0.4, -0.2) is 31.3 Å². The number of aliphatic hydroxyl groups excluding tert-OH is 1. The van der Waals surface area contributed by atoms with Crippen molar-refractivity contribution in [3.05, 3.63) is 29.6 Å². The highest BCUT2D eigenvalue weighted by molar-refractivity contribution is 5.54. The van der Waals surface area contributed by atoms with Gasteiger partial charge < -0.3 is 15.3 Å². The summed E-state index contributed by atoms with van der Waals surface area (Å²) in [5.41, 5.74) is 2.16. The fourth-order valence-corrected chi connectivity index (χ4v) is 2.76. The first-order chi connectivity index (χ1) is 9.74. The smallest absolute Gasteiger partial charge is 0.123 e. The number of halogens is 1. The minimum Gasteiger partial charge on any atom is -0.396 e. The Kier molecular flexibility index (Phi) is 5.80. The zero-order valence-corrected chi connectivity index (χ0v) is 12.2. The Morgan fingerprint density at radius 2 is 2.10 bits per heavy atom. The summed E-state index contributed by atoms with van der Waals surface area (Å²) in [7, 11) is 0. The maximum absolute atomic E-state index is 13.5. The fourth-order valence-electron chi connectivity index (χ4n) is 2.76. The van der Waals surface area contributed by atoms with Crippen LogP contribution in [0.1, 0.15) is 31.7 Å². The topological polar surface area (TPSA) is 35.5 Å². The number of hydrogen-bond acceptors (Lipinski definition) is 3. The minimum absolute atomic E-state index is 0.174. The van der Waals surface area contributed by atoms with E-state index < -0.39 is 0 Å². The quantitative estimate of drug-likeness (QED) is 0.786. The molecular weight excluding hydrogens is 255 g/mol. The first-order valence-corrected chi connectivity index (χ1v) is 7.59. The van der Waals surface area contributed by atoms with Gasteiger partial charge in [-0.25, -0.2) is 4.39 Å². The molecule has 2 rings (SSSR count). The van der Waals surface area contributed by atoms with E-state index in [4.69, 9.17) is 0 Å². The van der Waals surface area contributed by atoms with E-state index in [1.54, 1.807) is 6.07 Å². The number of nitrogens with one attached hydrogen (secondary N) is 1. The van der Waals surface area contributed by atoms with Crippen LogP contribution < -0.4 is 10.2 Å². The van der Waals surface area contributed by atoms with Crippen LogP contribution in [0.4, 0.5) is 10.1 Å². The molecule has 0 aliphatic carbocycles. The Bertz CT molecular complexity index is 417. The average molecular weight is 280 g/mol. The Balaban J connectivity index is 2.06. The van der Waals surface area contributed by atoms with Crippen molar-refractivity contribution in [2.24, 2.45) is 5.92 Å². The molecule has 1 heterocycles. The van der Waals surface area contributed by atoms with Gasteiger partial charge in [0.05, 0.1) is 0 Å². The predicted molar refractivity (Wildman–Crippen MR) is 80.4 cm³/mol. The number of aliphatic hydroxyl groups is 1. The summed E-state index contributed by atoms with van der Waals surface area (Å²) in [6, 6.07) is 5.06. The lowest BCUT2D eigenvalue weighted by Gasteiger charge is -2.34. The summed E-state index contributed by atoms with van der Waals surface area (Å²) >= 11 is 0. The van der Waals surface area contributed by atoms with E-state index >= 15 is 0 Å². The third-order valence-electron chi connectivity index (χ3n) is 4.00. The highest BCUT2D eigenvalue weighted by Crippen LogP contribution is 2.27. The highest BCUT2D eigenvalue weighted by Gasteiger charge is 2.20. The van der Waals surface area contributed by atoms with Gasteiger partial charge in [-0.05, 0) is 55.5 Å². The summed E-state index contributed by atoms with van der Waals surface area (Å²) in [6.07, 6.45) is 3.10. The normalized spacial score (nSPS) is 16.6. The first kappa shape index (κ1) is 15.3. The predicted octanol–water partition coefficient (Wildman–Crippen LogP) is 2.53. The maximum Gasteiger partial charge on any atom is 0.123 e. The molecule has 0 atom stereocenters. The summed E-state index contributed by atoms with van der Waals surface area (Å²) < 4.78 is 13.5. The number of anilines is 1. The largest absolute Gasteiger partial charge is 0.396 e. The van der Waals surface area contributed by atoms with Crippen molar-refractivity contribution in [2.75, 3.05) is 31.1 Å². The Labute approximate surface area is 120 Å².